The van der Waals surface area contributed by atoms with Crippen LogP contribution in [-0.4, -0.2) is 16.8 Å². The Labute approximate surface area is 100 Å². The van der Waals surface area contributed by atoms with Gasteiger partial charge in [-0.15, -0.1) is 0 Å². The summed E-state index contributed by atoms with van der Waals surface area (Å²) in [6.45, 7) is 4.35. The van der Waals surface area contributed by atoms with Gasteiger partial charge in [-0.05, 0) is 24.7 Å². The first kappa shape index (κ1) is 11.4. The number of carbonyl (C=O) groups excluding carboxylic acids is 1. The highest BCUT2D eigenvalue weighted by atomic mass is 79.9. The zero-order valence-corrected chi connectivity index (χ0v) is 11.2. The Morgan fingerprint density at radius 2 is 1.93 bits per heavy atom. The predicted octanol–water partition coefficient (Wildman–Crippen LogP) is 2.86. The highest BCUT2D eigenvalue weighted by Crippen LogP contribution is 2.52. The van der Waals surface area contributed by atoms with Gasteiger partial charge in [0.05, 0.1) is 0 Å². The first-order valence-electron chi connectivity index (χ1n) is 5.87. The lowest BCUT2D eigenvalue weighted by Crippen LogP contribution is -2.48. The van der Waals surface area contributed by atoms with Crippen LogP contribution < -0.4 is 5.32 Å². The van der Waals surface area contributed by atoms with Crippen molar-refractivity contribution in [2.45, 2.75) is 51.5 Å². The summed E-state index contributed by atoms with van der Waals surface area (Å²) in [5.41, 5.74) is 0.311. The summed E-state index contributed by atoms with van der Waals surface area (Å²) >= 11 is 3.55. The van der Waals surface area contributed by atoms with Crippen LogP contribution in [0.1, 0.15) is 46.0 Å². The minimum Gasteiger partial charge on any atom is -0.350 e. The molecule has 2 aliphatic rings. The molecule has 1 atom stereocenters. The summed E-state index contributed by atoms with van der Waals surface area (Å²) in [6, 6.07) is 0. The molecule has 0 bridgehead atoms. The molecule has 1 unspecified atom stereocenters. The summed E-state index contributed by atoms with van der Waals surface area (Å²) < 4.78 is 0. The number of rotatable bonds is 3. The van der Waals surface area contributed by atoms with Gasteiger partial charge in [-0.25, -0.2) is 0 Å². The number of alkyl halides is 1. The van der Waals surface area contributed by atoms with E-state index < -0.39 is 0 Å². The molecule has 3 heteroatoms. The molecule has 2 fully saturated rings. The smallest absolute Gasteiger partial charge is 0.224 e. The molecule has 2 nitrogen and oxygen atoms in total. The number of nitrogens with one attached hydrogen (secondary N) is 1. The maximum absolute atomic E-state index is 12.0. The van der Waals surface area contributed by atoms with Gasteiger partial charge in [-0.1, -0.05) is 42.6 Å². The van der Waals surface area contributed by atoms with Crippen molar-refractivity contribution in [1.82, 2.24) is 5.32 Å². The van der Waals surface area contributed by atoms with E-state index in [1.165, 1.54) is 12.8 Å². The monoisotopic (exact) mass is 273 g/mol. The van der Waals surface area contributed by atoms with Crippen molar-refractivity contribution in [1.29, 1.82) is 0 Å². The van der Waals surface area contributed by atoms with Crippen molar-refractivity contribution in [3.8, 4) is 0 Å². The van der Waals surface area contributed by atoms with Crippen LogP contribution in [0.15, 0.2) is 0 Å². The zero-order chi connectivity index (χ0) is 11.1. The molecule has 1 N–H and O–H groups in total. The van der Waals surface area contributed by atoms with Crippen LogP contribution in [0.4, 0.5) is 0 Å². The van der Waals surface area contributed by atoms with E-state index in [0.717, 1.165) is 24.6 Å². The molecule has 15 heavy (non-hydrogen) atoms. The van der Waals surface area contributed by atoms with Gasteiger partial charge < -0.3 is 5.32 Å². The quantitative estimate of drug-likeness (QED) is 0.788. The van der Waals surface area contributed by atoms with Gasteiger partial charge in [0.15, 0.2) is 0 Å². The van der Waals surface area contributed by atoms with Gasteiger partial charge >= 0.3 is 0 Å². The Morgan fingerprint density at radius 3 is 2.33 bits per heavy atom. The molecular formula is C12H20BrNO. The van der Waals surface area contributed by atoms with E-state index in [1.807, 2.05) is 0 Å². The minimum absolute atomic E-state index is 0.0652. The molecule has 0 aromatic carbocycles. The Balaban J connectivity index is 1.93. The first-order chi connectivity index (χ1) is 6.99. The molecule has 0 saturated heterocycles. The average molecular weight is 274 g/mol. The largest absolute Gasteiger partial charge is 0.350 e. The SMILES string of the molecule is CC1(C)CC1C(=O)NC1(CBr)CCCC1. The fourth-order valence-electron chi connectivity index (χ4n) is 2.61. The van der Waals surface area contributed by atoms with E-state index in [2.05, 4.69) is 35.1 Å². The lowest BCUT2D eigenvalue weighted by Gasteiger charge is -2.28. The highest BCUT2D eigenvalue weighted by molar-refractivity contribution is 9.09. The second kappa shape index (κ2) is 3.76. The lowest BCUT2D eigenvalue weighted by molar-refractivity contribution is -0.124. The number of hydrogen-bond donors (Lipinski definition) is 1. The Kier molecular flexibility index (Phi) is 2.87. The summed E-state index contributed by atoms with van der Waals surface area (Å²) in [6.07, 6.45) is 5.82. The Morgan fingerprint density at radius 1 is 1.40 bits per heavy atom. The topological polar surface area (TPSA) is 29.1 Å². The summed E-state index contributed by atoms with van der Waals surface area (Å²) in [4.78, 5) is 12.0. The van der Waals surface area contributed by atoms with Gasteiger partial charge in [0.2, 0.25) is 5.91 Å². The predicted molar refractivity (Wildman–Crippen MR) is 65.0 cm³/mol. The van der Waals surface area contributed by atoms with Crippen molar-refractivity contribution >= 4 is 21.8 Å². The number of carbonyl (C=O) groups is 1. The third-order valence-electron chi connectivity index (χ3n) is 4.03. The van der Waals surface area contributed by atoms with Crippen molar-refractivity contribution < 1.29 is 4.79 Å². The fraction of sp³-hybridized carbons (Fsp3) is 0.917. The molecule has 1 amide bonds. The molecule has 86 valence electrons. The molecule has 0 radical (unpaired) electrons. The van der Waals surface area contributed by atoms with E-state index >= 15 is 0 Å². The van der Waals surface area contributed by atoms with Crippen LogP contribution >= 0.6 is 15.9 Å². The van der Waals surface area contributed by atoms with E-state index in [9.17, 15) is 4.79 Å². The fourth-order valence-corrected chi connectivity index (χ4v) is 3.31. The van der Waals surface area contributed by atoms with E-state index in [1.54, 1.807) is 0 Å². The van der Waals surface area contributed by atoms with Gasteiger partial charge in [-0.3, -0.25) is 4.79 Å². The van der Waals surface area contributed by atoms with Gasteiger partial charge in [0.1, 0.15) is 0 Å². The van der Waals surface area contributed by atoms with Crippen molar-refractivity contribution in [3.63, 3.8) is 0 Å². The molecule has 0 aliphatic heterocycles. The van der Waals surface area contributed by atoms with E-state index in [-0.39, 0.29) is 22.8 Å². The molecule has 2 rings (SSSR count). The van der Waals surface area contributed by atoms with Crippen LogP contribution in [0, 0.1) is 11.3 Å². The maximum atomic E-state index is 12.0. The van der Waals surface area contributed by atoms with Gasteiger partial charge in [0.25, 0.3) is 0 Å². The summed E-state index contributed by atoms with van der Waals surface area (Å²) in [5, 5.41) is 4.18. The molecular weight excluding hydrogens is 254 g/mol. The summed E-state index contributed by atoms with van der Waals surface area (Å²) in [5.74, 6) is 0.537. The number of amides is 1. The second-order valence-electron chi connectivity index (χ2n) is 5.86. The van der Waals surface area contributed by atoms with Crippen LogP contribution in [0.3, 0.4) is 0 Å². The zero-order valence-electron chi connectivity index (χ0n) is 9.61. The van der Waals surface area contributed by atoms with Crippen molar-refractivity contribution in [2.75, 3.05) is 5.33 Å². The molecule has 2 aliphatic carbocycles. The molecule has 0 aromatic rings. The van der Waals surface area contributed by atoms with Crippen LogP contribution in [0.5, 0.6) is 0 Å². The molecule has 0 spiro atoms. The van der Waals surface area contributed by atoms with Crippen LogP contribution in [-0.2, 0) is 4.79 Å². The lowest BCUT2D eigenvalue weighted by atomic mass is 9.99. The Hall–Kier alpha value is -0.0500. The van der Waals surface area contributed by atoms with Crippen LogP contribution in [0.25, 0.3) is 0 Å². The second-order valence-corrected chi connectivity index (χ2v) is 6.42. The maximum Gasteiger partial charge on any atom is 0.224 e. The Bertz CT molecular complexity index is 269. The van der Waals surface area contributed by atoms with Gasteiger partial charge in [-0.2, -0.15) is 0 Å². The molecule has 2 saturated carbocycles. The van der Waals surface area contributed by atoms with E-state index in [4.69, 9.17) is 0 Å². The number of halogens is 1. The number of hydrogen-bond acceptors (Lipinski definition) is 1. The van der Waals surface area contributed by atoms with Crippen molar-refractivity contribution in [3.05, 3.63) is 0 Å². The first-order valence-corrected chi connectivity index (χ1v) is 6.99. The summed E-state index contributed by atoms with van der Waals surface area (Å²) in [7, 11) is 0. The van der Waals surface area contributed by atoms with Crippen molar-refractivity contribution in [2.24, 2.45) is 11.3 Å². The average Bonchev–Trinajstić information content (AvgIpc) is 2.64. The highest BCUT2D eigenvalue weighted by Gasteiger charge is 2.52. The van der Waals surface area contributed by atoms with E-state index in [0.29, 0.717) is 0 Å². The van der Waals surface area contributed by atoms with Crippen LogP contribution in [0.2, 0.25) is 0 Å². The molecule has 0 aromatic heterocycles. The van der Waals surface area contributed by atoms with Gasteiger partial charge in [0, 0.05) is 16.8 Å². The third-order valence-corrected chi connectivity index (χ3v) is 5.11. The normalized spacial score (nSPS) is 31.3. The standard InChI is InChI=1S/C12H20BrNO/c1-11(2)7-9(11)10(15)14-12(8-13)5-3-4-6-12/h9H,3-8H2,1-2H3,(H,14,15). The molecule has 0 heterocycles. The third kappa shape index (κ3) is 2.22. The minimum atomic E-state index is 0.0652.